The number of hydrazine groups is 1. The molecule has 7 nitrogen and oxygen atoms in total. The monoisotopic (exact) mass is 438 g/mol. The van der Waals surface area contributed by atoms with Crippen LogP contribution in [-0.4, -0.2) is 21.4 Å². The third-order valence-corrected chi connectivity index (χ3v) is 5.67. The first kappa shape index (κ1) is 21.1. The molecule has 2 N–H and O–H groups in total. The number of aryl methyl sites for hydroxylation is 1. The second-order valence-electron chi connectivity index (χ2n) is 7.69. The van der Waals surface area contributed by atoms with E-state index in [1.807, 2.05) is 0 Å². The molecular weight excluding hydrogens is 416 g/mol. The van der Waals surface area contributed by atoms with Gasteiger partial charge in [-0.1, -0.05) is 36.6 Å². The summed E-state index contributed by atoms with van der Waals surface area (Å²) >= 11 is 5.84. The predicted molar refractivity (Wildman–Crippen MR) is 119 cm³/mol. The molecule has 160 valence electrons. The van der Waals surface area contributed by atoms with Gasteiger partial charge < -0.3 is 0 Å². The number of rotatable bonds is 3. The molecule has 0 unspecified atom stereocenters. The Morgan fingerprint density at radius 3 is 2.58 bits per heavy atom. The normalized spacial score (nSPS) is 13.7. The zero-order valence-electron chi connectivity index (χ0n) is 17.0. The van der Waals surface area contributed by atoms with E-state index in [1.54, 1.807) is 47.0 Å². The van der Waals surface area contributed by atoms with Crippen molar-refractivity contribution in [2.75, 3.05) is 0 Å². The summed E-state index contributed by atoms with van der Waals surface area (Å²) < 4.78 is 1.76. The second-order valence-corrected chi connectivity index (χ2v) is 8.12. The van der Waals surface area contributed by atoms with Gasteiger partial charge in [-0.25, -0.2) is 4.98 Å². The van der Waals surface area contributed by atoms with Gasteiger partial charge in [-0.2, -0.15) is 0 Å². The molecule has 4 rings (SSSR count). The number of hydrogen-bond acceptors (Lipinski definition) is 4. The number of nitrogens with zero attached hydrogens (tertiary/aromatic N) is 2. The lowest BCUT2D eigenvalue weighted by atomic mass is 10.1. The highest BCUT2D eigenvalue weighted by Crippen LogP contribution is 2.16. The molecule has 1 aliphatic heterocycles. The average molecular weight is 439 g/mol. The largest absolute Gasteiger partial charge is 0.296 e. The second kappa shape index (κ2) is 9.31. The van der Waals surface area contributed by atoms with Crippen molar-refractivity contribution in [1.82, 2.24) is 20.4 Å². The van der Waals surface area contributed by atoms with Crippen LogP contribution in [-0.2, 0) is 24.2 Å². The van der Waals surface area contributed by atoms with E-state index in [-0.39, 0.29) is 17.9 Å². The van der Waals surface area contributed by atoms with Crippen LogP contribution in [0.3, 0.4) is 0 Å². The Morgan fingerprint density at radius 1 is 1.00 bits per heavy atom. The number of benzene rings is 2. The fourth-order valence-electron chi connectivity index (χ4n) is 3.77. The molecule has 2 amide bonds. The zero-order valence-corrected chi connectivity index (χ0v) is 17.7. The van der Waals surface area contributed by atoms with Gasteiger partial charge >= 0.3 is 0 Å². The molecular formula is C23H23ClN4O3. The molecule has 8 heteroatoms. The number of hydrogen-bond donors (Lipinski definition) is 2. The van der Waals surface area contributed by atoms with Crippen LogP contribution in [0.4, 0.5) is 0 Å². The molecule has 0 saturated heterocycles. The topological polar surface area (TPSA) is 93.1 Å². The first-order valence-electron chi connectivity index (χ1n) is 10.4. The van der Waals surface area contributed by atoms with Crippen molar-refractivity contribution in [2.24, 2.45) is 0 Å². The van der Waals surface area contributed by atoms with Crippen LogP contribution in [0.5, 0.6) is 0 Å². The molecule has 0 spiro atoms. The summed E-state index contributed by atoms with van der Waals surface area (Å²) in [6.07, 6.45) is 5.08. The number of halogens is 1. The molecule has 0 radical (unpaired) electrons. The smallest absolute Gasteiger partial charge is 0.269 e. The van der Waals surface area contributed by atoms with E-state index in [4.69, 9.17) is 11.6 Å². The van der Waals surface area contributed by atoms with Crippen molar-refractivity contribution < 1.29 is 9.59 Å². The van der Waals surface area contributed by atoms with Crippen molar-refractivity contribution in [3.63, 3.8) is 0 Å². The van der Waals surface area contributed by atoms with Crippen LogP contribution in [0.1, 0.15) is 47.4 Å². The van der Waals surface area contributed by atoms with Gasteiger partial charge in [-0.3, -0.25) is 29.8 Å². The minimum absolute atomic E-state index is 0.0647. The maximum absolute atomic E-state index is 12.9. The van der Waals surface area contributed by atoms with Gasteiger partial charge in [-0.05, 0) is 48.7 Å². The Bertz CT molecular complexity index is 1190. The summed E-state index contributed by atoms with van der Waals surface area (Å²) in [5, 5.41) is 1.09. The Balaban J connectivity index is 1.47. The van der Waals surface area contributed by atoms with Gasteiger partial charge in [0.15, 0.2) is 0 Å². The number of carbonyl (C=O) groups is 2. The maximum Gasteiger partial charge on any atom is 0.269 e. The zero-order chi connectivity index (χ0) is 21.8. The van der Waals surface area contributed by atoms with Crippen molar-refractivity contribution in [3.8, 4) is 0 Å². The number of fused-ring (bicyclic) bond motifs is 2. The number of nitrogens with one attached hydrogen (secondary N) is 2. The van der Waals surface area contributed by atoms with Gasteiger partial charge in [0.25, 0.3) is 11.5 Å². The van der Waals surface area contributed by atoms with Crippen molar-refractivity contribution in [3.05, 3.63) is 74.8 Å². The highest BCUT2D eigenvalue weighted by molar-refractivity contribution is 6.30. The fraction of sp³-hybridized carbons (Fsp3) is 0.304. The third kappa shape index (κ3) is 4.94. The molecule has 2 aromatic carbocycles. The van der Waals surface area contributed by atoms with E-state index in [1.165, 1.54) is 0 Å². The van der Waals surface area contributed by atoms with Gasteiger partial charge in [0.2, 0.25) is 5.91 Å². The lowest BCUT2D eigenvalue weighted by Crippen LogP contribution is -2.42. The van der Waals surface area contributed by atoms with Crippen molar-refractivity contribution >= 4 is 34.3 Å². The van der Waals surface area contributed by atoms with E-state index in [0.717, 1.165) is 43.5 Å². The lowest BCUT2D eigenvalue weighted by Gasteiger charge is -2.16. The number of amides is 2. The van der Waals surface area contributed by atoms with E-state index in [2.05, 4.69) is 15.8 Å². The Morgan fingerprint density at radius 2 is 1.77 bits per heavy atom. The molecule has 0 bridgehead atoms. The molecule has 0 aliphatic carbocycles. The molecule has 1 aromatic heterocycles. The third-order valence-electron chi connectivity index (χ3n) is 5.42. The van der Waals surface area contributed by atoms with Gasteiger partial charge in [0.1, 0.15) is 5.82 Å². The van der Waals surface area contributed by atoms with Crippen molar-refractivity contribution in [2.45, 2.75) is 45.1 Å². The van der Waals surface area contributed by atoms with Crippen LogP contribution in [0.2, 0.25) is 5.02 Å². The Kier molecular flexibility index (Phi) is 6.32. The first-order valence-corrected chi connectivity index (χ1v) is 10.8. The summed E-state index contributed by atoms with van der Waals surface area (Å²) in [5.74, 6) is -0.0553. The SMILES string of the molecule is O=C(Cc1ccc(Cl)cc1)NNC(=O)c1ccc2c(=O)n3c(nc2c1)CCCCCC3. The lowest BCUT2D eigenvalue weighted by molar-refractivity contribution is -0.121. The van der Waals surface area contributed by atoms with E-state index < -0.39 is 5.91 Å². The van der Waals surface area contributed by atoms with E-state index in [9.17, 15) is 14.4 Å². The van der Waals surface area contributed by atoms with Crippen LogP contribution >= 0.6 is 11.6 Å². The van der Waals surface area contributed by atoms with E-state index >= 15 is 0 Å². The minimum Gasteiger partial charge on any atom is -0.296 e. The number of carbonyl (C=O) groups excluding carboxylic acids is 2. The maximum atomic E-state index is 12.9. The van der Waals surface area contributed by atoms with Crippen LogP contribution in [0.15, 0.2) is 47.3 Å². The molecule has 2 heterocycles. The summed E-state index contributed by atoms with van der Waals surface area (Å²) in [7, 11) is 0. The van der Waals surface area contributed by atoms with Crippen LogP contribution in [0.25, 0.3) is 10.9 Å². The van der Waals surface area contributed by atoms with E-state index in [0.29, 0.717) is 28.0 Å². The Labute approximate surface area is 184 Å². The summed E-state index contributed by atoms with van der Waals surface area (Å²) in [6, 6.07) is 11.7. The molecule has 0 fully saturated rings. The highest BCUT2D eigenvalue weighted by Gasteiger charge is 2.15. The quantitative estimate of drug-likeness (QED) is 0.614. The average Bonchev–Trinajstić information content (AvgIpc) is 2.75. The van der Waals surface area contributed by atoms with Gasteiger partial charge in [-0.15, -0.1) is 0 Å². The molecule has 0 atom stereocenters. The standard InChI is InChI=1S/C23H23ClN4O3/c24-17-9-6-15(7-10-17)13-21(29)26-27-22(30)16-8-11-18-19(14-16)25-20-5-3-1-2-4-12-28(20)23(18)31/h6-11,14H,1-5,12-13H2,(H,26,29)(H,27,30). The first-order chi connectivity index (χ1) is 15.0. The minimum atomic E-state index is -0.472. The highest BCUT2D eigenvalue weighted by atomic mass is 35.5. The predicted octanol–water partition coefficient (Wildman–Crippen LogP) is 3.17. The molecule has 1 aliphatic rings. The molecule has 31 heavy (non-hydrogen) atoms. The Hall–Kier alpha value is -3.19. The van der Waals surface area contributed by atoms with Crippen LogP contribution in [0, 0.1) is 0 Å². The van der Waals surface area contributed by atoms with Crippen molar-refractivity contribution in [1.29, 1.82) is 0 Å². The summed E-state index contributed by atoms with van der Waals surface area (Å²) in [6.45, 7) is 0.680. The van der Waals surface area contributed by atoms with Crippen LogP contribution < -0.4 is 16.4 Å². The molecule has 3 aromatic rings. The molecule has 0 saturated carbocycles. The summed E-state index contributed by atoms with van der Waals surface area (Å²) in [5.41, 5.74) is 6.36. The number of aromatic nitrogens is 2. The summed E-state index contributed by atoms with van der Waals surface area (Å²) in [4.78, 5) is 42.2. The van der Waals surface area contributed by atoms with Gasteiger partial charge in [0, 0.05) is 23.6 Å². The van der Waals surface area contributed by atoms with Gasteiger partial charge in [0.05, 0.1) is 17.3 Å². The fourth-order valence-corrected chi connectivity index (χ4v) is 3.89.